The summed E-state index contributed by atoms with van der Waals surface area (Å²) in [5.74, 6) is -1.43. The Morgan fingerprint density at radius 1 is 1.32 bits per heavy atom. The summed E-state index contributed by atoms with van der Waals surface area (Å²) in [6.45, 7) is 1.80. The fourth-order valence-electron chi connectivity index (χ4n) is 2.05. The molecule has 1 amide bonds. The van der Waals surface area contributed by atoms with Gasteiger partial charge in [0, 0.05) is 5.56 Å². The van der Waals surface area contributed by atoms with E-state index in [9.17, 15) is 9.59 Å². The van der Waals surface area contributed by atoms with Gasteiger partial charge in [0.15, 0.2) is 0 Å². The summed E-state index contributed by atoms with van der Waals surface area (Å²) in [7, 11) is 0. The Labute approximate surface area is 128 Å². The van der Waals surface area contributed by atoms with Crippen LogP contribution in [-0.2, 0) is 16.1 Å². The predicted octanol–water partition coefficient (Wildman–Crippen LogP) is 1.31. The molecule has 0 spiro atoms. The number of carboxylic acids is 1. The van der Waals surface area contributed by atoms with Crippen LogP contribution in [0.5, 0.6) is 0 Å². The molecule has 7 nitrogen and oxygen atoms in total. The normalized spacial score (nSPS) is 11.9. The third-order valence-corrected chi connectivity index (χ3v) is 3.12. The summed E-state index contributed by atoms with van der Waals surface area (Å²) < 4.78 is 1.39. The van der Waals surface area contributed by atoms with Crippen LogP contribution in [0.2, 0.25) is 0 Å². The first-order valence-corrected chi connectivity index (χ1v) is 7.08. The van der Waals surface area contributed by atoms with Crippen molar-refractivity contribution in [3.63, 3.8) is 0 Å². The second-order valence-corrected chi connectivity index (χ2v) is 4.91. The molecule has 0 bridgehead atoms. The van der Waals surface area contributed by atoms with Crippen molar-refractivity contribution in [1.82, 2.24) is 20.3 Å². The highest BCUT2D eigenvalue weighted by Gasteiger charge is 2.19. The van der Waals surface area contributed by atoms with Gasteiger partial charge < -0.3 is 10.4 Å². The highest BCUT2D eigenvalue weighted by Crippen LogP contribution is 2.14. The van der Waals surface area contributed by atoms with Crippen LogP contribution in [0, 0.1) is 0 Å². The lowest BCUT2D eigenvalue weighted by Crippen LogP contribution is -2.42. The molecule has 0 aliphatic heterocycles. The van der Waals surface area contributed by atoms with Crippen molar-refractivity contribution in [1.29, 1.82) is 0 Å². The Kier molecular flexibility index (Phi) is 5.24. The molecule has 1 atom stereocenters. The minimum Gasteiger partial charge on any atom is -0.480 e. The number of nitrogens with zero attached hydrogens (tertiary/aromatic N) is 3. The molecule has 22 heavy (non-hydrogen) atoms. The van der Waals surface area contributed by atoms with Gasteiger partial charge in [-0.2, -0.15) is 0 Å². The predicted molar refractivity (Wildman–Crippen MR) is 79.9 cm³/mol. The van der Waals surface area contributed by atoms with Crippen molar-refractivity contribution in [3.05, 3.63) is 36.5 Å². The summed E-state index contributed by atoms with van der Waals surface area (Å²) in [6.07, 6.45) is 2.73. The number of benzene rings is 1. The molecule has 0 saturated carbocycles. The lowest BCUT2D eigenvalue weighted by Gasteiger charge is -2.13. The van der Waals surface area contributed by atoms with E-state index >= 15 is 0 Å². The zero-order valence-electron chi connectivity index (χ0n) is 12.3. The van der Waals surface area contributed by atoms with Gasteiger partial charge in [0.25, 0.3) is 0 Å². The van der Waals surface area contributed by atoms with Crippen molar-refractivity contribution in [2.45, 2.75) is 32.4 Å². The molecule has 1 unspecified atom stereocenters. The smallest absolute Gasteiger partial charge is 0.326 e. The third kappa shape index (κ3) is 4.15. The van der Waals surface area contributed by atoms with Gasteiger partial charge >= 0.3 is 5.97 Å². The Bertz CT molecular complexity index is 639. The van der Waals surface area contributed by atoms with Crippen molar-refractivity contribution < 1.29 is 14.7 Å². The van der Waals surface area contributed by atoms with Gasteiger partial charge in [-0.25, -0.2) is 9.48 Å². The van der Waals surface area contributed by atoms with Crippen LogP contribution in [0.3, 0.4) is 0 Å². The third-order valence-electron chi connectivity index (χ3n) is 3.12. The Hall–Kier alpha value is -2.70. The van der Waals surface area contributed by atoms with E-state index in [0.29, 0.717) is 18.5 Å². The molecule has 7 heteroatoms. The summed E-state index contributed by atoms with van der Waals surface area (Å²) in [6, 6.07) is 8.62. The molecule has 0 radical (unpaired) electrons. The highest BCUT2D eigenvalue weighted by atomic mass is 16.4. The maximum Gasteiger partial charge on any atom is 0.326 e. The topological polar surface area (TPSA) is 97.1 Å². The van der Waals surface area contributed by atoms with Crippen LogP contribution in [-0.4, -0.2) is 38.0 Å². The molecular weight excluding hydrogens is 284 g/mol. The lowest BCUT2D eigenvalue weighted by molar-refractivity contribution is -0.142. The second-order valence-electron chi connectivity index (χ2n) is 4.91. The van der Waals surface area contributed by atoms with Gasteiger partial charge in [-0.1, -0.05) is 48.9 Å². The van der Waals surface area contributed by atoms with E-state index in [1.54, 1.807) is 6.20 Å². The maximum atomic E-state index is 11.9. The van der Waals surface area contributed by atoms with Crippen LogP contribution < -0.4 is 5.32 Å². The quantitative estimate of drug-likeness (QED) is 0.804. The molecule has 2 rings (SSSR count). The summed E-state index contributed by atoms with van der Waals surface area (Å²) in [5.41, 5.74) is 1.57. The number of hydrogen-bond acceptors (Lipinski definition) is 4. The van der Waals surface area contributed by atoms with E-state index < -0.39 is 17.9 Å². The molecular formula is C15H18N4O3. The number of rotatable bonds is 7. The van der Waals surface area contributed by atoms with E-state index in [2.05, 4.69) is 15.6 Å². The molecule has 1 aromatic carbocycles. The number of amides is 1. The lowest BCUT2D eigenvalue weighted by atomic mass is 10.1. The summed E-state index contributed by atoms with van der Waals surface area (Å²) in [4.78, 5) is 22.9. The SMILES string of the molecule is CCCC(NC(=O)Cn1cc(-c2ccccc2)nn1)C(=O)O. The molecule has 2 aromatic rings. The largest absolute Gasteiger partial charge is 0.480 e. The fourth-order valence-corrected chi connectivity index (χ4v) is 2.05. The molecule has 1 aromatic heterocycles. The van der Waals surface area contributed by atoms with E-state index in [0.717, 1.165) is 5.56 Å². The van der Waals surface area contributed by atoms with Crippen LogP contribution >= 0.6 is 0 Å². The van der Waals surface area contributed by atoms with Gasteiger partial charge in [0.2, 0.25) is 5.91 Å². The number of carboxylic acid groups (broad SMARTS) is 1. The number of nitrogens with one attached hydrogen (secondary N) is 1. The standard InChI is InChI=1S/C15H18N4O3/c1-2-6-12(15(21)22)16-14(20)10-19-9-13(17-18-19)11-7-4-3-5-8-11/h3-5,7-9,12H,2,6,10H2,1H3,(H,16,20)(H,21,22). The zero-order valence-corrected chi connectivity index (χ0v) is 12.3. The Morgan fingerprint density at radius 2 is 2.05 bits per heavy atom. The van der Waals surface area contributed by atoms with Crippen LogP contribution in [0.1, 0.15) is 19.8 Å². The van der Waals surface area contributed by atoms with Crippen LogP contribution in [0.15, 0.2) is 36.5 Å². The molecule has 1 heterocycles. The number of carbonyl (C=O) groups is 2. The van der Waals surface area contributed by atoms with Crippen molar-refractivity contribution in [2.75, 3.05) is 0 Å². The van der Waals surface area contributed by atoms with Crippen LogP contribution in [0.25, 0.3) is 11.3 Å². The Balaban J connectivity index is 1.98. The van der Waals surface area contributed by atoms with E-state index in [1.807, 2.05) is 37.3 Å². The number of aromatic nitrogens is 3. The van der Waals surface area contributed by atoms with Gasteiger partial charge in [0.1, 0.15) is 18.3 Å². The monoisotopic (exact) mass is 302 g/mol. The summed E-state index contributed by atoms with van der Waals surface area (Å²) in [5, 5.41) is 19.4. The molecule has 0 fully saturated rings. The van der Waals surface area contributed by atoms with Crippen molar-refractivity contribution >= 4 is 11.9 Å². The highest BCUT2D eigenvalue weighted by molar-refractivity contribution is 5.83. The zero-order chi connectivity index (χ0) is 15.9. The molecule has 0 aliphatic carbocycles. The molecule has 116 valence electrons. The van der Waals surface area contributed by atoms with Gasteiger partial charge in [0.05, 0.1) is 6.20 Å². The second kappa shape index (κ2) is 7.35. The first kappa shape index (κ1) is 15.7. The van der Waals surface area contributed by atoms with Gasteiger partial charge in [-0.3, -0.25) is 4.79 Å². The average Bonchev–Trinajstić information content (AvgIpc) is 2.96. The van der Waals surface area contributed by atoms with Gasteiger partial charge in [-0.05, 0) is 6.42 Å². The van der Waals surface area contributed by atoms with Crippen molar-refractivity contribution in [3.8, 4) is 11.3 Å². The number of hydrogen-bond donors (Lipinski definition) is 2. The maximum absolute atomic E-state index is 11.9. The van der Waals surface area contributed by atoms with E-state index in [4.69, 9.17) is 5.11 Å². The molecule has 2 N–H and O–H groups in total. The van der Waals surface area contributed by atoms with Gasteiger partial charge in [-0.15, -0.1) is 5.10 Å². The minimum atomic E-state index is -1.03. The molecule has 0 aliphatic rings. The summed E-state index contributed by atoms with van der Waals surface area (Å²) >= 11 is 0. The Morgan fingerprint density at radius 3 is 2.68 bits per heavy atom. The first-order chi connectivity index (χ1) is 10.6. The van der Waals surface area contributed by atoms with Crippen molar-refractivity contribution in [2.24, 2.45) is 0 Å². The number of aliphatic carboxylic acids is 1. The minimum absolute atomic E-state index is 0.0622. The molecule has 0 saturated heterocycles. The first-order valence-electron chi connectivity index (χ1n) is 7.08. The van der Waals surface area contributed by atoms with E-state index in [1.165, 1.54) is 4.68 Å². The van der Waals surface area contributed by atoms with E-state index in [-0.39, 0.29) is 6.54 Å². The number of carbonyl (C=O) groups excluding carboxylic acids is 1. The van der Waals surface area contributed by atoms with Crippen LogP contribution in [0.4, 0.5) is 0 Å². The fraction of sp³-hybridized carbons (Fsp3) is 0.333. The average molecular weight is 302 g/mol.